The van der Waals surface area contributed by atoms with Crippen molar-refractivity contribution in [3.05, 3.63) is 57.9 Å². The van der Waals surface area contributed by atoms with Gasteiger partial charge in [0.05, 0.1) is 22.0 Å². The summed E-state index contributed by atoms with van der Waals surface area (Å²) >= 11 is 0. The van der Waals surface area contributed by atoms with E-state index in [1.165, 1.54) is 6.92 Å². The number of imidazole rings is 1. The van der Waals surface area contributed by atoms with Gasteiger partial charge in [0.25, 0.3) is 11.8 Å². The van der Waals surface area contributed by atoms with E-state index in [9.17, 15) is 18.0 Å². The van der Waals surface area contributed by atoms with Crippen molar-refractivity contribution < 1.29 is 18.0 Å². The van der Waals surface area contributed by atoms with E-state index < -0.39 is 27.9 Å². The Kier molecular flexibility index (Phi) is 7.13. The first-order valence-corrected chi connectivity index (χ1v) is 12.5. The number of sulfonamides is 1. The molecule has 3 aromatic rings. The lowest BCUT2D eigenvalue weighted by molar-refractivity contribution is -0.123. The minimum absolute atomic E-state index is 0.170. The molecule has 0 spiro atoms. The van der Waals surface area contributed by atoms with Crippen molar-refractivity contribution in [2.75, 3.05) is 0 Å². The molecule has 1 aromatic heterocycles. The number of aryl methyl sites for hydroxylation is 4. The van der Waals surface area contributed by atoms with Gasteiger partial charge in [-0.3, -0.25) is 20.4 Å². The van der Waals surface area contributed by atoms with Crippen LogP contribution in [0.25, 0.3) is 11.0 Å². The largest absolute Gasteiger partial charge is 0.329 e. The molecule has 2 aromatic carbocycles. The van der Waals surface area contributed by atoms with Crippen LogP contribution in [-0.2, 0) is 21.4 Å². The topological polar surface area (TPSA) is 122 Å². The zero-order valence-electron chi connectivity index (χ0n) is 20.5. The number of benzene rings is 2. The second kappa shape index (κ2) is 9.55. The zero-order chi connectivity index (χ0) is 25.4. The van der Waals surface area contributed by atoms with Gasteiger partial charge >= 0.3 is 0 Å². The minimum Gasteiger partial charge on any atom is -0.329 e. The Morgan fingerprint density at radius 1 is 1.00 bits per heavy atom. The molecule has 0 saturated heterocycles. The fourth-order valence-electron chi connectivity index (χ4n) is 4.02. The summed E-state index contributed by atoms with van der Waals surface area (Å²) in [4.78, 5) is 29.7. The summed E-state index contributed by atoms with van der Waals surface area (Å²) in [7, 11) is -3.96. The number of nitrogens with one attached hydrogen (secondary N) is 3. The molecule has 9 nitrogen and oxygen atoms in total. The van der Waals surface area contributed by atoms with Gasteiger partial charge in [-0.15, -0.1) is 0 Å². The van der Waals surface area contributed by atoms with Gasteiger partial charge in [0.15, 0.2) is 0 Å². The third kappa shape index (κ3) is 4.83. The van der Waals surface area contributed by atoms with Gasteiger partial charge in [0.1, 0.15) is 5.82 Å². The molecule has 3 N–H and O–H groups in total. The predicted octanol–water partition coefficient (Wildman–Crippen LogP) is 2.73. The number of fused-ring (bicyclic) bond motifs is 1. The molecule has 182 valence electrons. The molecule has 0 aliphatic rings. The molecule has 1 atom stereocenters. The van der Waals surface area contributed by atoms with E-state index in [1.807, 2.05) is 38.3 Å². The number of amides is 2. The van der Waals surface area contributed by atoms with Crippen LogP contribution < -0.4 is 15.6 Å². The molecule has 2 amide bonds. The lowest BCUT2D eigenvalue weighted by Crippen LogP contribution is -2.51. The SMILES string of the molecule is CCn1c(C)nc2cc(C(=O)NNC(=O)[C@H](C)NS(=O)(=O)c3c(C)c(C)cc(C)c3C)ccc21. The monoisotopic (exact) mass is 485 g/mol. The Balaban J connectivity index is 1.69. The van der Waals surface area contributed by atoms with Crippen LogP contribution in [0, 0.1) is 34.6 Å². The van der Waals surface area contributed by atoms with Crippen molar-refractivity contribution in [2.45, 2.75) is 65.9 Å². The number of hydrogen-bond donors (Lipinski definition) is 3. The second-order valence-corrected chi connectivity index (χ2v) is 10.1. The van der Waals surface area contributed by atoms with Crippen molar-refractivity contribution in [2.24, 2.45) is 0 Å². The first-order valence-electron chi connectivity index (χ1n) is 11.0. The first-order chi connectivity index (χ1) is 15.9. The van der Waals surface area contributed by atoms with Crippen molar-refractivity contribution in [3.63, 3.8) is 0 Å². The molecule has 0 aliphatic heterocycles. The van der Waals surface area contributed by atoms with E-state index in [4.69, 9.17) is 0 Å². The van der Waals surface area contributed by atoms with Crippen molar-refractivity contribution in [1.82, 2.24) is 25.1 Å². The highest BCUT2D eigenvalue weighted by atomic mass is 32.2. The highest BCUT2D eigenvalue weighted by molar-refractivity contribution is 7.89. The maximum Gasteiger partial charge on any atom is 0.269 e. The van der Waals surface area contributed by atoms with E-state index in [0.29, 0.717) is 22.2 Å². The summed E-state index contributed by atoms with van der Waals surface area (Å²) in [6.45, 7) is 13.3. The third-order valence-electron chi connectivity index (χ3n) is 6.11. The highest BCUT2D eigenvalue weighted by Crippen LogP contribution is 2.26. The van der Waals surface area contributed by atoms with Gasteiger partial charge in [0.2, 0.25) is 10.0 Å². The summed E-state index contributed by atoms with van der Waals surface area (Å²) in [6.07, 6.45) is 0. The van der Waals surface area contributed by atoms with Crippen molar-refractivity contribution >= 4 is 32.9 Å². The molecule has 3 rings (SSSR count). The van der Waals surface area contributed by atoms with E-state index in [1.54, 1.807) is 32.0 Å². The number of hydrazine groups is 1. The van der Waals surface area contributed by atoms with Gasteiger partial charge in [-0.2, -0.15) is 4.72 Å². The lowest BCUT2D eigenvalue weighted by Gasteiger charge is -2.19. The van der Waals surface area contributed by atoms with Gasteiger partial charge in [-0.25, -0.2) is 13.4 Å². The molecule has 10 heteroatoms. The second-order valence-electron chi connectivity index (χ2n) is 8.48. The maximum absolute atomic E-state index is 13.0. The first kappa shape index (κ1) is 25.4. The molecule has 0 saturated carbocycles. The number of nitrogens with zero attached hydrogens (tertiary/aromatic N) is 2. The molecular formula is C24H31N5O4S. The smallest absolute Gasteiger partial charge is 0.269 e. The molecule has 0 radical (unpaired) electrons. The Bertz CT molecular complexity index is 1370. The molecular weight excluding hydrogens is 454 g/mol. The number of hydrogen-bond acceptors (Lipinski definition) is 5. The molecule has 0 fully saturated rings. The summed E-state index contributed by atoms with van der Waals surface area (Å²) in [5.41, 5.74) is 9.51. The standard InChI is InChI=1S/C24H31N5O4S/c1-8-29-18(7)25-20-12-19(9-10-21(20)29)24(31)27-26-23(30)17(6)28-34(32,33)22-15(4)13(2)11-14(3)16(22)5/h9-12,17,28H,8H2,1-7H3,(H,26,30)(H,27,31)/t17-/m0/s1. The summed E-state index contributed by atoms with van der Waals surface area (Å²) in [6, 6.07) is 5.92. The van der Waals surface area contributed by atoms with E-state index in [2.05, 4.69) is 20.6 Å². The molecule has 1 heterocycles. The van der Waals surface area contributed by atoms with Crippen LogP contribution in [-0.4, -0.2) is 35.8 Å². The number of aromatic nitrogens is 2. The van der Waals surface area contributed by atoms with Crippen LogP contribution in [0.15, 0.2) is 29.2 Å². The average Bonchev–Trinajstić information content (AvgIpc) is 3.09. The highest BCUT2D eigenvalue weighted by Gasteiger charge is 2.26. The maximum atomic E-state index is 13.0. The number of carbonyl (C=O) groups excluding carboxylic acids is 2. The fourth-order valence-corrected chi connectivity index (χ4v) is 5.84. The molecule has 0 aliphatic carbocycles. The van der Waals surface area contributed by atoms with Crippen molar-refractivity contribution in [3.8, 4) is 0 Å². The summed E-state index contributed by atoms with van der Waals surface area (Å²) in [5.74, 6) is -0.377. The summed E-state index contributed by atoms with van der Waals surface area (Å²) in [5, 5.41) is 0. The molecule has 0 bridgehead atoms. The van der Waals surface area contributed by atoms with E-state index in [0.717, 1.165) is 29.0 Å². The van der Waals surface area contributed by atoms with E-state index in [-0.39, 0.29) is 4.90 Å². The van der Waals surface area contributed by atoms with Crippen molar-refractivity contribution in [1.29, 1.82) is 0 Å². The average molecular weight is 486 g/mol. The van der Waals surface area contributed by atoms with Crippen LogP contribution in [0.4, 0.5) is 0 Å². The van der Waals surface area contributed by atoms with Gasteiger partial charge in [0, 0.05) is 12.1 Å². The lowest BCUT2D eigenvalue weighted by atomic mass is 10.0. The van der Waals surface area contributed by atoms with E-state index >= 15 is 0 Å². The Labute approximate surface area is 200 Å². The Hall–Kier alpha value is -3.24. The number of carbonyl (C=O) groups is 2. The molecule has 34 heavy (non-hydrogen) atoms. The normalized spacial score (nSPS) is 12.6. The van der Waals surface area contributed by atoms with Crippen LogP contribution in [0.1, 0.15) is 52.3 Å². The zero-order valence-corrected chi connectivity index (χ0v) is 21.3. The Morgan fingerprint density at radius 2 is 1.62 bits per heavy atom. The van der Waals surface area contributed by atoms with Crippen LogP contribution in [0.3, 0.4) is 0 Å². The Morgan fingerprint density at radius 3 is 2.21 bits per heavy atom. The molecule has 0 unspecified atom stereocenters. The van der Waals surface area contributed by atoms with Crippen LogP contribution in [0.5, 0.6) is 0 Å². The van der Waals surface area contributed by atoms with Crippen LogP contribution >= 0.6 is 0 Å². The van der Waals surface area contributed by atoms with Gasteiger partial charge < -0.3 is 4.57 Å². The summed E-state index contributed by atoms with van der Waals surface area (Å²) < 4.78 is 30.5. The quantitative estimate of drug-likeness (QED) is 0.464. The minimum atomic E-state index is -3.96. The number of rotatable bonds is 6. The third-order valence-corrected chi connectivity index (χ3v) is 7.92. The van der Waals surface area contributed by atoms with Gasteiger partial charge in [-0.1, -0.05) is 6.07 Å². The fraction of sp³-hybridized carbons (Fsp3) is 0.375. The predicted molar refractivity (Wildman–Crippen MR) is 131 cm³/mol. The van der Waals surface area contributed by atoms with Gasteiger partial charge in [-0.05, 0) is 88.9 Å². The van der Waals surface area contributed by atoms with Crippen LogP contribution in [0.2, 0.25) is 0 Å².